The van der Waals surface area contributed by atoms with Crippen molar-refractivity contribution in [1.29, 1.82) is 0 Å². The first-order valence-corrected chi connectivity index (χ1v) is 7.70. The summed E-state index contributed by atoms with van der Waals surface area (Å²) in [5, 5.41) is 20.3. The van der Waals surface area contributed by atoms with E-state index in [2.05, 4.69) is 0 Å². The molecule has 0 radical (unpaired) electrons. The van der Waals surface area contributed by atoms with Gasteiger partial charge in [0, 0.05) is 12.1 Å². The zero-order chi connectivity index (χ0) is 17.6. The molecule has 8 nitrogen and oxygen atoms in total. The van der Waals surface area contributed by atoms with E-state index in [9.17, 15) is 29.6 Å². The van der Waals surface area contributed by atoms with Crippen LogP contribution in [0.25, 0.3) is 0 Å². The SMILES string of the molecule is C[C@@H]1CC[C@@H]2C(=O)N(c3cc([N+](=O)[O-])ccc3C(=O)O)C(=O)[C@H]2C1. The van der Waals surface area contributed by atoms with Crippen molar-refractivity contribution in [2.24, 2.45) is 17.8 Å². The van der Waals surface area contributed by atoms with E-state index in [1.54, 1.807) is 0 Å². The molecule has 8 heteroatoms. The van der Waals surface area contributed by atoms with Crippen LogP contribution in [0, 0.1) is 27.9 Å². The van der Waals surface area contributed by atoms with E-state index in [1.165, 1.54) is 0 Å². The summed E-state index contributed by atoms with van der Waals surface area (Å²) < 4.78 is 0. The van der Waals surface area contributed by atoms with Crippen molar-refractivity contribution >= 4 is 29.2 Å². The van der Waals surface area contributed by atoms with Gasteiger partial charge in [0.1, 0.15) is 0 Å². The molecule has 1 aromatic carbocycles. The normalized spacial score (nSPS) is 26.4. The van der Waals surface area contributed by atoms with Crippen molar-refractivity contribution in [3.63, 3.8) is 0 Å². The highest BCUT2D eigenvalue weighted by atomic mass is 16.6. The number of non-ortho nitro benzene ring substituents is 1. The van der Waals surface area contributed by atoms with Gasteiger partial charge in [-0.2, -0.15) is 0 Å². The van der Waals surface area contributed by atoms with E-state index in [0.717, 1.165) is 29.5 Å². The molecule has 0 aromatic heterocycles. The van der Waals surface area contributed by atoms with E-state index >= 15 is 0 Å². The number of carboxylic acids is 1. The van der Waals surface area contributed by atoms with Crippen LogP contribution < -0.4 is 4.90 Å². The van der Waals surface area contributed by atoms with Crippen molar-refractivity contribution < 1.29 is 24.4 Å². The second kappa shape index (κ2) is 5.70. The lowest BCUT2D eigenvalue weighted by molar-refractivity contribution is -0.384. The van der Waals surface area contributed by atoms with Gasteiger partial charge in [0.25, 0.3) is 5.69 Å². The molecule has 0 spiro atoms. The van der Waals surface area contributed by atoms with Crippen molar-refractivity contribution in [1.82, 2.24) is 0 Å². The summed E-state index contributed by atoms with van der Waals surface area (Å²) in [6, 6.07) is 3.09. The Kier molecular flexibility index (Phi) is 3.82. The Morgan fingerprint density at radius 1 is 1.25 bits per heavy atom. The first kappa shape index (κ1) is 16.1. The standard InChI is InChI=1S/C16H16N2O6/c1-8-2-4-10-12(6-8)15(20)17(14(10)19)13-7-9(18(23)24)3-5-11(13)16(21)22/h3,5,7-8,10,12H,2,4,6H2,1H3,(H,21,22)/t8-,10+,12+/m1/s1. The highest BCUT2D eigenvalue weighted by molar-refractivity contribution is 6.24. The van der Waals surface area contributed by atoms with Crippen LogP contribution in [0.15, 0.2) is 18.2 Å². The third kappa shape index (κ3) is 2.44. The van der Waals surface area contributed by atoms with Gasteiger partial charge in [-0.1, -0.05) is 6.92 Å². The molecule has 0 unspecified atom stereocenters. The number of benzene rings is 1. The summed E-state index contributed by atoms with van der Waals surface area (Å²) in [6.45, 7) is 2.01. The van der Waals surface area contributed by atoms with Gasteiger partial charge in [0.15, 0.2) is 0 Å². The van der Waals surface area contributed by atoms with E-state index in [-0.39, 0.29) is 16.9 Å². The number of carboxylic acid groups (broad SMARTS) is 1. The molecule has 3 atom stereocenters. The highest BCUT2D eigenvalue weighted by Gasteiger charge is 2.50. The maximum absolute atomic E-state index is 12.7. The largest absolute Gasteiger partial charge is 0.478 e. The number of amides is 2. The average Bonchev–Trinajstić information content (AvgIpc) is 2.77. The van der Waals surface area contributed by atoms with Crippen molar-refractivity contribution in [3.8, 4) is 0 Å². The summed E-state index contributed by atoms with van der Waals surface area (Å²) in [4.78, 5) is 47.9. The number of nitrogens with zero attached hydrogens (tertiary/aromatic N) is 2. The van der Waals surface area contributed by atoms with Gasteiger partial charge in [-0.3, -0.25) is 19.7 Å². The van der Waals surface area contributed by atoms with Crippen LogP contribution in [0.1, 0.15) is 36.5 Å². The molecule has 1 saturated carbocycles. The second-order valence-corrected chi connectivity index (χ2v) is 6.41. The number of imide groups is 1. The lowest BCUT2D eigenvalue weighted by Crippen LogP contribution is -2.32. The predicted molar refractivity (Wildman–Crippen MR) is 82.5 cm³/mol. The Balaban J connectivity index is 2.09. The Hall–Kier alpha value is -2.77. The molecule has 2 aliphatic rings. The van der Waals surface area contributed by atoms with Gasteiger partial charge in [-0.05, 0) is 31.2 Å². The minimum absolute atomic E-state index is 0.214. The Bertz CT molecular complexity index is 759. The molecule has 0 bridgehead atoms. The number of nitro groups is 1. The van der Waals surface area contributed by atoms with Gasteiger partial charge in [0.05, 0.1) is 28.0 Å². The molecule has 3 rings (SSSR count). The van der Waals surface area contributed by atoms with Crippen LogP contribution in [0.4, 0.5) is 11.4 Å². The molecule has 1 aromatic rings. The van der Waals surface area contributed by atoms with Gasteiger partial charge < -0.3 is 5.11 Å². The zero-order valence-electron chi connectivity index (χ0n) is 13.0. The molecule has 2 fully saturated rings. The molecular weight excluding hydrogens is 316 g/mol. The number of anilines is 1. The third-order valence-electron chi connectivity index (χ3n) is 4.85. The first-order chi connectivity index (χ1) is 11.3. The summed E-state index contributed by atoms with van der Waals surface area (Å²) in [5.41, 5.74) is -0.874. The van der Waals surface area contributed by atoms with Crippen molar-refractivity contribution in [2.45, 2.75) is 26.2 Å². The zero-order valence-corrected chi connectivity index (χ0v) is 13.0. The number of carbonyl (C=O) groups is 3. The Labute approximate surface area is 137 Å². The number of rotatable bonds is 3. The van der Waals surface area contributed by atoms with Crippen LogP contribution in [-0.4, -0.2) is 27.8 Å². The smallest absolute Gasteiger partial charge is 0.337 e. The maximum Gasteiger partial charge on any atom is 0.337 e. The molecule has 126 valence electrons. The molecule has 1 aliphatic carbocycles. The molecule has 2 amide bonds. The number of fused-ring (bicyclic) bond motifs is 1. The Morgan fingerprint density at radius 3 is 2.54 bits per heavy atom. The number of carbonyl (C=O) groups excluding carboxylic acids is 2. The molecule has 1 N–H and O–H groups in total. The lowest BCUT2D eigenvalue weighted by atomic mass is 9.76. The average molecular weight is 332 g/mol. The highest BCUT2D eigenvalue weighted by Crippen LogP contribution is 2.43. The van der Waals surface area contributed by atoms with E-state index < -0.39 is 34.5 Å². The van der Waals surface area contributed by atoms with Crippen LogP contribution in [0.2, 0.25) is 0 Å². The van der Waals surface area contributed by atoms with Crippen LogP contribution >= 0.6 is 0 Å². The van der Waals surface area contributed by atoms with E-state index in [0.29, 0.717) is 18.8 Å². The fourth-order valence-corrected chi connectivity index (χ4v) is 3.63. The predicted octanol–water partition coefficient (Wildman–Crippen LogP) is 2.22. The van der Waals surface area contributed by atoms with E-state index in [4.69, 9.17) is 0 Å². The fraction of sp³-hybridized carbons (Fsp3) is 0.438. The minimum atomic E-state index is -1.34. The monoisotopic (exact) mass is 332 g/mol. The van der Waals surface area contributed by atoms with Crippen molar-refractivity contribution in [3.05, 3.63) is 33.9 Å². The number of hydrogen-bond acceptors (Lipinski definition) is 5. The fourth-order valence-electron chi connectivity index (χ4n) is 3.63. The maximum atomic E-state index is 12.7. The van der Waals surface area contributed by atoms with Crippen molar-refractivity contribution in [2.75, 3.05) is 4.90 Å². The third-order valence-corrected chi connectivity index (χ3v) is 4.85. The van der Waals surface area contributed by atoms with Crippen LogP contribution in [0.5, 0.6) is 0 Å². The van der Waals surface area contributed by atoms with Gasteiger partial charge in [-0.15, -0.1) is 0 Å². The van der Waals surface area contributed by atoms with Crippen LogP contribution in [-0.2, 0) is 9.59 Å². The number of hydrogen-bond donors (Lipinski definition) is 1. The number of aromatic carboxylic acids is 1. The number of nitro benzene ring substituents is 1. The second-order valence-electron chi connectivity index (χ2n) is 6.41. The molecule has 24 heavy (non-hydrogen) atoms. The minimum Gasteiger partial charge on any atom is -0.478 e. The van der Waals surface area contributed by atoms with Gasteiger partial charge >= 0.3 is 5.97 Å². The quantitative estimate of drug-likeness (QED) is 0.515. The lowest BCUT2D eigenvalue weighted by Gasteiger charge is -2.25. The van der Waals surface area contributed by atoms with Gasteiger partial charge in [0.2, 0.25) is 11.8 Å². The molecule has 1 heterocycles. The molecular formula is C16H16N2O6. The van der Waals surface area contributed by atoms with E-state index in [1.807, 2.05) is 6.92 Å². The Morgan fingerprint density at radius 2 is 1.92 bits per heavy atom. The topological polar surface area (TPSA) is 118 Å². The summed E-state index contributed by atoms with van der Waals surface area (Å²) in [7, 11) is 0. The summed E-state index contributed by atoms with van der Waals surface area (Å²) >= 11 is 0. The first-order valence-electron chi connectivity index (χ1n) is 7.70. The van der Waals surface area contributed by atoms with Gasteiger partial charge in [-0.25, -0.2) is 9.69 Å². The summed E-state index contributed by atoms with van der Waals surface area (Å²) in [6.07, 6.45) is 1.97. The van der Waals surface area contributed by atoms with Crippen LogP contribution in [0.3, 0.4) is 0 Å². The molecule has 1 saturated heterocycles. The molecule has 1 aliphatic heterocycles. The summed E-state index contributed by atoms with van der Waals surface area (Å²) in [5.74, 6) is -2.88.